The molecule has 1 heterocycles. The van der Waals surface area contributed by atoms with E-state index >= 15 is 0 Å². The number of nitrogens with one attached hydrogen (secondary N) is 1. The normalized spacial score (nSPS) is 11.6. The van der Waals surface area contributed by atoms with E-state index in [1.807, 2.05) is 73.0 Å². The third-order valence-corrected chi connectivity index (χ3v) is 4.95. The van der Waals surface area contributed by atoms with Crippen LogP contribution in [-0.2, 0) is 6.61 Å². The van der Waals surface area contributed by atoms with Crippen LogP contribution in [0.4, 0.5) is 0 Å². The number of ether oxygens (including phenoxy) is 2. The lowest BCUT2D eigenvalue weighted by Crippen LogP contribution is -2.25. The molecule has 1 amide bonds. The minimum absolute atomic E-state index is 0.0868. The standard InChI is InChI=1S/C21H21NO3S/c1-15(17-7-6-10-19(12-17)24-2)22-21(23)20-11-16(14-26-20)13-25-18-8-4-3-5-9-18/h3-12,14-15H,13H2,1-2H3,(H,22,23). The lowest BCUT2D eigenvalue weighted by molar-refractivity contribution is 0.0944. The van der Waals surface area contributed by atoms with Gasteiger partial charge in [0.05, 0.1) is 18.0 Å². The van der Waals surface area contributed by atoms with Crippen LogP contribution in [-0.4, -0.2) is 13.0 Å². The van der Waals surface area contributed by atoms with Gasteiger partial charge in [0.25, 0.3) is 5.91 Å². The van der Waals surface area contributed by atoms with E-state index < -0.39 is 0 Å². The van der Waals surface area contributed by atoms with Crippen LogP contribution in [0.25, 0.3) is 0 Å². The molecule has 0 aliphatic heterocycles. The fourth-order valence-corrected chi connectivity index (χ4v) is 3.32. The number of methoxy groups -OCH3 is 1. The number of rotatable bonds is 7. The summed E-state index contributed by atoms with van der Waals surface area (Å²) in [6, 6.07) is 19.1. The number of carbonyl (C=O) groups excluding carboxylic acids is 1. The molecule has 3 rings (SSSR count). The Kier molecular flexibility index (Phi) is 5.92. The maximum absolute atomic E-state index is 12.5. The molecule has 0 fully saturated rings. The number of thiophene rings is 1. The first kappa shape index (κ1) is 18.0. The average Bonchev–Trinajstić information content (AvgIpc) is 3.16. The van der Waals surface area contributed by atoms with Gasteiger partial charge >= 0.3 is 0 Å². The van der Waals surface area contributed by atoms with Crippen molar-refractivity contribution in [1.29, 1.82) is 0 Å². The zero-order valence-electron chi connectivity index (χ0n) is 14.8. The molecule has 1 N–H and O–H groups in total. The Morgan fingerprint density at radius 1 is 1.08 bits per heavy atom. The van der Waals surface area contributed by atoms with Gasteiger partial charge in [-0.2, -0.15) is 0 Å². The van der Waals surface area contributed by atoms with Crippen molar-refractivity contribution in [2.45, 2.75) is 19.6 Å². The topological polar surface area (TPSA) is 47.6 Å². The summed E-state index contributed by atoms with van der Waals surface area (Å²) in [6.07, 6.45) is 0. The van der Waals surface area contributed by atoms with E-state index in [1.165, 1.54) is 11.3 Å². The van der Waals surface area contributed by atoms with E-state index in [1.54, 1.807) is 7.11 Å². The molecule has 4 nitrogen and oxygen atoms in total. The molecule has 0 aliphatic rings. The zero-order chi connectivity index (χ0) is 18.4. The van der Waals surface area contributed by atoms with Crippen molar-refractivity contribution >= 4 is 17.2 Å². The van der Waals surface area contributed by atoms with Crippen molar-refractivity contribution in [2.75, 3.05) is 7.11 Å². The van der Waals surface area contributed by atoms with E-state index in [0.29, 0.717) is 11.5 Å². The maximum Gasteiger partial charge on any atom is 0.261 e. The van der Waals surface area contributed by atoms with Crippen molar-refractivity contribution in [2.24, 2.45) is 0 Å². The Labute approximate surface area is 157 Å². The van der Waals surface area contributed by atoms with Gasteiger partial charge in [-0.1, -0.05) is 30.3 Å². The molecule has 0 bridgehead atoms. The van der Waals surface area contributed by atoms with Crippen LogP contribution in [0.3, 0.4) is 0 Å². The summed E-state index contributed by atoms with van der Waals surface area (Å²) in [4.78, 5) is 13.2. The zero-order valence-corrected chi connectivity index (χ0v) is 15.6. The quantitative estimate of drug-likeness (QED) is 0.651. The molecular weight excluding hydrogens is 346 g/mol. The number of carbonyl (C=O) groups is 1. The number of hydrogen-bond donors (Lipinski definition) is 1. The lowest BCUT2D eigenvalue weighted by Gasteiger charge is -2.14. The number of hydrogen-bond acceptors (Lipinski definition) is 4. The van der Waals surface area contributed by atoms with Crippen LogP contribution in [0.1, 0.15) is 33.8 Å². The maximum atomic E-state index is 12.5. The highest BCUT2D eigenvalue weighted by atomic mass is 32.1. The van der Waals surface area contributed by atoms with Gasteiger partial charge in [-0.3, -0.25) is 4.79 Å². The van der Waals surface area contributed by atoms with E-state index in [4.69, 9.17) is 9.47 Å². The molecule has 0 saturated heterocycles. The summed E-state index contributed by atoms with van der Waals surface area (Å²) in [5.74, 6) is 1.51. The largest absolute Gasteiger partial charge is 0.497 e. The smallest absolute Gasteiger partial charge is 0.261 e. The van der Waals surface area contributed by atoms with Gasteiger partial charge in [-0.05, 0) is 48.2 Å². The van der Waals surface area contributed by atoms with Gasteiger partial charge in [0.1, 0.15) is 18.1 Å². The highest BCUT2D eigenvalue weighted by Crippen LogP contribution is 2.21. The SMILES string of the molecule is COc1cccc(C(C)NC(=O)c2cc(COc3ccccc3)cs2)c1. The van der Waals surface area contributed by atoms with E-state index in [0.717, 1.165) is 22.6 Å². The van der Waals surface area contributed by atoms with Gasteiger partial charge in [0, 0.05) is 5.56 Å². The highest BCUT2D eigenvalue weighted by Gasteiger charge is 2.14. The third-order valence-electron chi connectivity index (χ3n) is 3.97. The van der Waals surface area contributed by atoms with Crippen LogP contribution >= 0.6 is 11.3 Å². The molecule has 1 unspecified atom stereocenters. The first-order valence-electron chi connectivity index (χ1n) is 8.36. The van der Waals surface area contributed by atoms with Crippen molar-refractivity contribution in [1.82, 2.24) is 5.32 Å². The second-order valence-corrected chi connectivity index (χ2v) is 6.80. The first-order valence-corrected chi connectivity index (χ1v) is 9.24. The Balaban J connectivity index is 1.58. The first-order chi connectivity index (χ1) is 12.7. The van der Waals surface area contributed by atoms with Gasteiger partial charge in [-0.25, -0.2) is 0 Å². The minimum Gasteiger partial charge on any atom is -0.497 e. The molecule has 0 aliphatic carbocycles. The Bertz CT molecular complexity index is 860. The van der Waals surface area contributed by atoms with Crippen LogP contribution in [0, 0.1) is 0 Å². The summed E-state index contributed by atoms with van der Waals surface area (Å²) in [5, 5.41) is 4.98. The van der Waals surface area contributed by atoms with Crippen LogP contribution in [0.2, 0.25) is 0 Å². The summed E-state index contributed by atoms with van der Waals surface area (Å²) >= 11 is 1.42. The van der Waals surface area contributed by atoms with Gasteiger partial charge < -0.3 is 14.8 Å². The molecule has 5 heteroatoms. The van der Waals surface area contributed by atoms with Crippen LogP contribution in [0.5, 0.6) is 11.5 Å². The van der Waals surface area contributed by atoms with Crippen molar-refractivity contribution in [3.05, 3.63) is 82.0 Å². The molecule has 0 spiro atoms. The monoisotopic (exact) mass is 367 g/mol. The number of para-hydroxylation sites is 1. The Morgan fingerprint density at radius 2 is 1.85 bits per heavy atom. The molecule has 3 aromatic rings. The molecule has 2 aromatic carbocycles. The molecule has 0 radical (unpaired) electrons. The Morgan fingerprint density at radius 3 is 2.62 bits per heavy atom. The second kappa shape index (κ2) is 8.54. The molecule has 26 heavy (non-hydrogen) atoms. The van der Waals surface area contributed by atoms with Gasteiger partial charge in [-0.15, -0.1) is 11.3 Å². The average molecular weight is 367 g/mol. The summed E-state index contributed by atoms with van der Waals surface area (Å²) in [7, 11) is 1.63. The summed E-state index contributed by atoms with van der Waals surface area (Å²) in [5.41, 5.74) is 1.99. The van der Waals surface area contributed by atoms with Crippen LogP contribution in [0.15, 0.2) is 66.0 Å². The van der Waals surface area contributed by atoms with Crippen molar-refractivity contribution in [3.63, 3.8) is 0 Å². The van der Waals surface area contributed by atoms with Gasteiger partial charge in [0.2, 0.25) is 0 Å². The molecular formula is C21H21NO3S. The predicted molar refractivity (Wildman–Crippen MR) is 104 cm³/mol. The van der Waals surface area contributed by atoms with Crippen molar-refractivity contribution < 1.29 is 14.3 Å². The van der Waals surface area contributed by atoms with E-state index in [9.17, 15) is 4.79 Å². The number of amides is 1. The molecule has 0 saturated carbocycles. The van der Waals surface area contributed by atoms with E-state index in [2.05, 4.69) is 5.32 Å². The molecule has 1 atom stereocenters. The summed E-state index contributed by atoms with van der Waals surface area (Å²) < 4.78 is 11.0. The second-order valence-electron chi connectivity index (χ2n) is 5.89. The van der Waals surface area contributed by atoms with Crippen LogP contribution < -0.4 is 14.8 Å². The fourth-order valence-electron chi connectivity index (χ4n) is 2.52. The lowest BCUT2D eigenvalue weighted by atomic mass is 10.1. The minimum atomic E-state index is -0.108. The Hall–Kier alpha value is -2.79. The number of benzene rings is 2. The van der Waals surface area contributed by atoms with E-state index in [-0.39, 0.29) is 11.9 Å². The summed E-state index contributed by atoms with van der Waals surface area (Å²) in [6.45, 7) is 2.40. The predicted octanol–water partition coefficient (Wildman–Crippen LogP) is 4.83. The molecule has 134 valence electrons. The fraction of sp³-hybridized carbons (Fsp3) is 0.190. The van der Waals surface area contributed by atoms with Crippen molar-refractivity contribution in [3.8, 4) is 11.5 Å². The molecule has 1 aromatic heterocycles. The van der Waals surface area contributed by atoms with Gasteiger partial charge in [0.15, 0.2) is 0 Å². The third kappa shape index (κ3) is 4.64. The highest BCUT2D eigenvalue weighted by molar-refractivity contribution is 7.12.